The number of carbonyl (C=O) groups is 1. The van der Waals surface area contributed by atoms with Crippen LogP contribution in [0, 0.1) is 0 Å². The van der Waals surface area contributed by atoms with Gasteiger partial charge in [-0.15, -0.1) is 0 Å². The van der Waals surface area contributed by atoms with E-state index in [4.69, 9.17) is 0 Å². The van der Waals surface area contributed by atoms with Gasteiger partial charge in [-0.1, -0.05) is 36.4 Å². The lowest BCUT2D eigenvalue weighted by Gasteiger charge is -2.05. The van der Waals surface area contributed by atoms with Gasteiger partial charge in [-0.05, 0) is 18.2 Å². The maximum atomic E-state index is 12.6. The number of pyridine rings is 1. The number of hydrogen-bond donors (Lipinski definition) is 1. The van der Waals surface area contributed by atoms with Gasteiger partial charge in [0.2, 0.25) is 0 Å². The summed E-state index contributed by atoms with van der Waals surface area (Å²) in [5.41, 5.74) is 4.29. The van der Waals surface area contributed by atoms with Crippen molar-refractivity contribution in [1.29, 1.82) is 0 Å². The molecule has 0 aliphatic rings. The Bertz CT molecular complexity index is 1090. The molecule has 1 amide bonds. The number of benzene rings is 1. The maximum Gasteiger partial charge on any atom is 0.267 e. The predicted octanol–water partition coefficient (Wildman–Crippen LogP) is 3.52. The fourth-order valence-corrected chi connectivity index (χ4v) is 3.10. The molecular weight excluding hydrogens is 362 g/mol. The van der Waals surface area contributed by atoms with E-state index in [1.807, 2.05) is 72.4 Å². The lowest BCUT2D eigenvalue weighted by molar-refractivity contribution is 0.0946. The lowest BCUT2D eigenvalue weighted by Crippen LogP contribution is -2.27. The number of aromatic nitrogens is 4. The minimum absolute atomic E-state index is 0.114. The monoisotopic (exact) mass is 383 g/mol. The molecule has 1 aromatic carbocycles. The second kappa shape index (κ2) is 8.48. The topological polar surface area (TPSA) is 72.7 Å². The van der Waals surface area contributed by atoms with Crippen LogP contribution < -0.4 is 5.32 Å². The molecule has 0 atom stereocenters. The van der Waals surface area contributed by atoms with Crippen LogP contribution in [0.4, 0.5) is 0 Å². The second-order valence-electron chi connectivity index (χ2n) is 6.71. The summed E-state index contributed by atoms with van der Waals surface area (Å²) in [7, 11) is 1.86. The standard InChI is InChI=1S/C23H21N5O/c1-28-16-18(19-14-26-22(27-15-19)17-7-3-2-4-8-17)13-21(28)23(29)25-12-10-20-9-5-6-11-24-20/h2-9,11,13-16H,10,12H2,1H3,(H,25,29). The summed E-state index contributed by atoms with van der Waals surface area (Å²) in [5, 5.41) is 2.95. The molecule has 3 aromatic heterocycles. The maximum absolute atomic E-state index is 12.6. The molecule has 0 saturated carbocycles. The van der Waals surface area contributed by atoms with E-state index in [2.05, 4.69) is 20.3 Å². The molecular formula is C23H21N5O. The SMILES string of the molecule is Cn1cc(-c2cnc(-c3ccccc3)nc2)cc1C(=O)NCCc1ccccn1. The summed E-state index contributed by atoms with van der Waals surface area (Å²) in [6, 6.07) is 17.5. The van der Waals surface area contributed by atoms with E-state index in [1.54, 1.807) is 18.6 Å². The van der Waals surface area contributed by atoms with E-state index in [-0.39, 0.29) is 5.91 Å². The molecule has 0 bridgehead atoms. The third-order valence-electron chi connectivity index (χ3n) is 4.65. The molecule has 0 aliphatic carbocycles. The number of hydrogen-bond acceptors (Lipinski definition) is 4. The summed E-state index contributed by atoms with van der Waals surface area (Å²) in [6.45, 7) is 0.533. The van der Waals surface area contributed by atoms with Gasteiger partial charge < -0.3 is 9.88 Å². The first-order chi connectivity index (χ1) is 14.2. The molecule has 4 rings (SSSR count). The highest BCUT2D eigenvalue weighted by Gasteiger charge is 2.13. The Balaban J connectivity index is 1.44. The van der Waals surface area contributed by atoms with E-state index in [0.29, 0.717) is 24.5 Å². The highest BCUT2D eigenvalue weighted by Crippen LogP contribution is 2.22. The van der Waals surface area contributed by atoms with Crippen LogP contribution in [0.5, 0.6) is 0 Å². The zero-order valence-corrected chi connectivity index (χ0v) is 16.1. The number of aryl methyl sites for hydroxylation is 1. The molecule has 6 nitrogen and oxygen atoms in total. The first kappa shape index (κ1) is 18.6. The van der Waals surface area contributed by atoms with Crippen molar-refractivity contribution in [1.82, 2.24) is 24.8 Å². The Kier molecular flexibility index (Phi) is 5.42. The molecule has 4 aromatic rings. The molecule has 3 heterocycles. The molecule has 0 saturated heterocycles. The number of carbonyl (C=O) groups excluding carboxylic acids is 1. The number of rotatable bonds is 6. The number of nitrogens with one attached hydrogen (secondary N) is 1. The summed E-state index contributed by atoms with van der Waals surface area (Å²) in [6.07, 6.45) is 7.93. The minimum atomic E-state index is -0.114. The Labute approximate surface area is 169 Å². The van der Waals surface area contributed by atoms with Crippen molar-refractivity contribution >= 4 is 5.91 Å². The molecule has 0 spiro atoms. The van der Waals surface area contributed by atoms with Gasteiger partial charge in [-0.3, -0.25) is 9.78 Å². The smallest absolute Gasteiger partial charge is 0.267 e. The molecule has 0 radical (unpaired) electrons. The average molecular weight is 383 g/mol. The van der Waals surface area contributed by atoms with Crippen molar-refractivity contribution in [2.45, 2.75) is 6.42 Å². The fraction of sp³-hybridized carbons (Fsp3) is 0.130. The summed E-state index contributed by atoms with van der Waals surface area (Å²) < 4.78 is 1.82. The van der Waals surface area contributed by atoms with E-state index >= 15 is 0 Å². The van der Waals surface area contributed by atoms with E-state index in [9.17, 15) is 4.79 Å². The average Bonchev–Trinajstić information content (AvgIpc) is 3.17. The summed E-state index contributed by atoms with van der Waals surface area (Å²) >= 11 is 0. The normalized spacial score (nSPS) is 10.7. The van der Waals surface area contributed by atoms with Crippen LogP contribution in [0.1, 0.15) is 16.2 Å². The van der Waals surface area contributed by atoms with Crippen molar-refractivity contribution in [3.63, 3.8) is 0 Å². The number of nitrogens with zero attached hydrogens (tertiary/aromatic N) is 4. The Morgan fingerprint density at radius 1 is 0.931 bits per heavy atom. The molecule has 144 valence electrons. The third-order valence-corrected chi connectivity index (χ3v) is 4.65. The van der Waals surface area contributed by atoms with Crippen molar-refractivity contribution < 1.29 is 4.79 Å². The first-order valence-electron chi connectivity index (χ1n) is 9.43. The van der Waals surface area contributed by atoms with E-state index in [0.717, 1.165) is 22.4 Å². The minimum Gasteiger partial charge on any atom is -0.350 e. The van der Waals surface area contributed by atoms with Crippen molar-refractivity contribution in [2.24, 2.45) is 7.05 Å². The molecule has 0 fully saturated rings. The third kappa shape index (κ3) is 4.38. The van der Waals surface area contributed by atoms with Crippen LogP contribution in [0.2, 0.25) is 0 Å². The summed E-state index contributed by atoms with van der Waals surface area (Å²) in [4.78, 5) is 25.8. The van der Waals surface area contributed by atoms with Gasteiger partial charge in [0.05, 0.1) is 0 Å². The number of amides is 1. The second-order valence-corrected chi connectivity index (χ2v) is 6.71. The lowest BCUT2D eigenvalue weighted by atomic mass is 10.1. The van der Waals surface area contributed by atoms with Gasteiger partial charge in [0.15, 0.2) is 5.82 Å². The largest absolute Gasteiger partial charge is 0.350 e. The fourth-order valence-electron chi connectivity index (χ4n) is 3.10. The quantitative estimate of drug-likeness (QED) is 0.553. The first-order valence-corrected chi connectivity index (χ1v) is 9.43. The Morgan fingerprint density at radius 3 is 2.41 bits per heavy atom. The highest BCUT2D eigenvalue weighted by atomic mass is 16.1. The Morgan fingerprint density at radius 2 is 1.69 bits per heavy atom. The van der Waals surface area contributed by atoms with Gasteiger partial charge in [0, 0.05) is 67.2 Å². The van der Waals surface area contributed by atoms with Gasteiger partial charge in [0.1, 0.15) is 5.69 Å². The van der Waals surface area contributed by atoms with Crippen LogP contribution >= 0.6 is 0 Å². The van der Waals surface area contributed by atoms with Crippen molar-refractivity contribution in [3.05, 3.63) is 90.8 Å². The molecule has 29 heavy (non-hydrogen) atoms. The van der Waals surface area contributed by atoms with E-state index < -0.39 is 0 Å². The van der Waals surface area contributed by atoms with Crippen LogP contribution in [0.3, 0.4) is 0 Å². The molecule has 0 unspecified atom stereocenters. The predicted molar refractivity (Wildman–Crippen MR) is 112 cm³/mol. The van der Waals surface area contributed by atoms with Crippen molar-refractivity contribution in [2.75, 3.05) is 6.54 Å². The van der Waals surface area contributed by atoms with Gasteiger partial charge in [-0.2, -0.15) is 0 Å². The zero-order valence-electron chi connectivity index (χ0n) is 16.1. The van der Waals surface area contributed by atoms with Gasteiger partial charge in [0.25, 0.3) is 5.91 Å². The van der Waals surface area contributed by atoms with Gasteiger partial charge in [-0.25, -0.2) is 9.97 Å². The van der Waals surface area contributed by atoms with Crippen LogP contribution in [-0.2, 0) is 13.5 Å². The van der Waals surface area contributed by atoms with Crippen molar-refractivity contribution in [3.8, 4) is 22.5 Å². The zero-order chi connectivity index (χ0) is 20.1. The van der Waals surface area contributed by atoms with E-state index in [1.165, 1.54) is 0 Å². The van der Waals surface area contributed by atoms with Crippen LogP contribution in [-0.4, -0.2) is 32.0 Å². The van der Waals surface area contributed by atoms with Crippen LogP contribution in [0.25, 0.3) is 22.5 Å². The van der Waals surface area contributed by atoms with Gasteiger partial charge >= 0.3 is 0 Å². The molecule has 1 N–H and O–H groups in total. The highest BCUT2D eigenvalue weighted by molar-refractivity contribution is 5.94. The van der Waals surface area contributed by atoms with Crippen LogP contribution in [0.15, 0.2) is 79.4 Å². The molecule has 0 aliphatic heterocycles. The Hall–Kier alpha value is -3.80. The molecule has 6 heteroatoms. The summed E-state index contributed by atoms with van der Waals surface area (Å²) in [5.74, 6) is 0.564.